The molecule has 1 unspecified atom stereocenters. The van der Waals surface area contributed by atoms with Gasteiger partial charge in [-0.05, 0) is 13.8 Å². The molecule has 0 saturated heterocycles. The molecule has 1 atom stereocenters. The van der Waals surface area contributed by atoms with Gasteiger partial charge in [0.15, 0.2) is 0 Å². The van der Waals surface area contributed by atoms with Gasteiger partial charge in [0.2, 0.25) is 0 Å². The second-order valence-corrected chi connectivity index (χ2v) is 2.67. The smallest absolute Gasteiger partial charge is 0.0574 e. The maximum Gasteiger partial charge on any atom is 0.0574 e. The van der Waals surface area contributed by atoms with Crippen molar-refractivity contribution in [3.8, 4) is 0 Å². The SMILES string of the molecule is CCn1cc(C(C)NOC)cn1. The molecule has 4 nitrogen and oxygen atoms in total. The standard InChI is InChI=1S/C8H15N3O/c1-4-11-6-8(5-9-11)7(2)10-12-3/h5-7,10H,4H2,1-3H3. The largest absolute Gasteiger partial charge is 0.305 e. The second-order valence-electron chi connectivity index (χ2n) is 2.67. The van der Waals surface area contributed by atoms with E-state index in [1.54, 1.807) is 7.11 Å². The van der Waals surface area contributed by atoms with Crippen LogP contribution in [0, 0.1) is 0 Å². The summed E-state index contributed by atoms with van der Waals surface area (Å²) in [7, 11) is 1.61. The summed E-state index contributed by atoms with van der Waals surface area (Å²) in [5.74, 6) is 0. The van der Waals surface area contributed by atoms with Crippen LogP contribution in [0.3, 0.4) is 0 Å². The quantitative estimate of drug-likeness (QED) is 0.686. The summed E-state index contributed by atoms with van der Waals surface area (Å²) in [5, 5.41) is 4.16. The van der Waals surface area contributed by atoms with Crippen LogP contribution in [0.25, 0.3) is 0 Å². The third-order valence-corrected chi connectivity index (χ3v) is 1.77. The molecule has 0 amide bonds. The fraction of sp³-hybridized carbons (Fsp3) is 0.625. The minimum Gasteiger partial charge on any atom is -0.305 e. The minimum absolute atomic E-state index is 0.190. The summed E-state index contributed by atoms with van der Waals surface area (Å²) >= 11 is 0. The first kappa shape index (κ1) is 9.22. The molecule has 12 heavy (non-hydrogen) atoms. The van der Waals surface area contributed by atoms with E-state index in [0.717, 1.165) is 12.1 Å². The number of hydroxylamine groups is 1. The van der Waals surface area contributed by atoms with Crippen molar-refractivity contribution in [3.05, 3.63) is 18.0 Å². The van der Waals surface area contributed by atoms with Crippen LogP contribution in [0.2, 0.25) is 0 Å². The first-order valence-corrected chi connectivity index (χ1v) is 4.08. The molecule has 1 rings (SSSR count). The Bertz CT molecular complexity index is 234. The molecule has 0 aliphatic carbocycles. The van der Waals surface area contributed by atoms with Crippen LogP contribution in [0.4, 0.5) is 0 Å². The number of hydrogen-bond donors (Lipinski definition) is 1. The third kappa shape index (κ3) is 2.06. The van der Waals surface area contributed by atoms with E-state index < -0.39 is 0 Å². The van der Waals surface area contributed by atoms with Crippen molar-refractivity contribution in [2.45, 2.75) is 26.4 Å². The summed E-state index contributed by atoms with van der Waals surface area (Å²) in [6.45, 7) is 4.99. The average Bonchev–Trinajstić information content (AvgIpc) is 2.52. The Balaban J connectivity index is 2.61. The molecule has 1 heterocycles. The number of aryl methyl sites for hydroxylation is 1. The van der Waals surface area contributed by atoms with Gasteiger partial charge < -0.3 is 4.84 Å². The average molecular weight is 169 g/mol. The highest BCUT2D eigenvalue weighted by Gasteiger charge is 2.05. The predicted molar refractivity (Wildman–Crippen MR) is 46.5 cm³/mol. The van der Waals surface area contributed by atoms with E-state index >= 15 is 0 Å². The molecular formula is C8H15N3O. The Hall–Kier alpha value is -0.870. The van der Waals surface area contributed by atoms with Crippen molar-refractivity contribution in [1.82, 2.24) is 15.3 Å². The molecular weight excluding hydrogens is 154 g/mol. The Kier molecular flexibility index (Phi) is 3.25. The van der Waals surface area contributed by atoms with Gasteiger partial charge in [-0.3, -0.25) is 4.68 Å². The lowest BCUT2D eigenvalue weighted by atomic mass is 10.2. The molecule has 0 radical (unpaired) electrons. The number of nitrogens with one attached hydrogen (secondary N) is 1. The van der Waals surface area contributed by atoms with Gasteiger partial charge in [-0.1, -0.05) is 0 Å². The van der Waals surface area contributed by atoms with Crippen LogP contribution in [0.5, 0.6) is 0 Å². The number of nitrogens with zero attached hydrogens (tertiary/aromatic N) is 2. The number of rotatable bonds is 4. The van der Waals surface area contributed by atoms with Gasteiger partial charge in [0.05, 0.1) is 19.3 Å². The lowest BCUT2D eigenvalue weighted by Crippen LogP contribution is -2.16. The first-order valence-electron chi connectivity index (χ1n) is 4.08. The predicted octanol–water partition coefficient (Wildman–Crippen LogP) is 1.11. The van der Waals surface area contributed by atoms with Crippen LogP contribution in [0.15, 0.2) is 12.4 Å². The van der Waals surface area contributed by atoms with Gasteiger partial charge in [-0.15, -0.1) is 0 Å². The minimum atomic E-state index is 0.190. The fourth-order valence-electron chi connectivity index (χ4n) is 1.02. The van der Waals surface area contributed by atoms with Crippen LogP contribution < -0.4 is 5.48 Å². The van der Waals surface area contributed by atoms with E-state index in [0.29, 0.717) is 0 Å². The Labute approximate surface area is 72.5 Å². The molecule has 1 N–H and O–H groups in total. The van der Waals surface area contributed by atoms with E-state index in [4.69, 9.17) is 4.84 Å². The molecule has 0 aliphatic heterocycles. The highest BCUT2D eigenvalue weighted by Crippen LogP contribution is 2.09. The van der Waals surface area contributed by atoms with Crippen molar-refractivity contribution in [2.75, 3.05) is 7.11 Å². The summed E-state index contributed by atoms with van der Waals surface area (Å²) in [5.41, 5.74) is 3.98. The Morgan fingerprint density at radius 2 is 2.50 bits per heavy atom. The zero-order chi connectivity index (χ0) is 8.97. The summed E-state index contributed by atoms with van der Waals surface area (Å²) in [6.07, 6.45) is 3.86. The van der Waals surface area contributed by atoms with Gasteiger partial charge in [0.1, 0.15) is 0 Å². The van der Waals surface area contributed by atoms with E-state index in [2.05, 4.69) is 17.5 Å². The molecule has 4 heteroatoms. The first-order chi connectivity index (χ1) is 5.77. The molecule has 0 spiro atoms. The topological polar surface area (TPSA) is 39.1 Å². The highest BCUT2D eigenvalue weighted by atomic mass is 16.6. The van der Waals surface area contributed by atoms with Crippen LogP contribution in [-0.4, -0.2) is 16.9 Å². The van der Waals surface area contributed by atoms with Crippen molar-refractivity contribution >= 4 is 0 Å². The van der Waals surface area contributed by atoms with Gasteiger partial charge >= 0.3 is 0 Å². The summed E-state index contributed by atoms with van der Waals surface area (Å²) in [4.78, 5) is 4.81. The Morgan fingerprint density at radius 1 is 1.75 bits per heavy atom. The van der Waals surface area contributed by atoms with E-state index in [9.17, 15) is 0 Å². The number of hydrogen-bond acceptors (Lipinski definition) is 3. The van der Waals surface area contributed by atoms with Crippen LogP contribution in [0.1, 0.15) is 25.5 Å². The lowest BCUT2D eigenvalue weighted by molar-refractivity contribution is 0.0658. The highest BCUT2D eigenvalue weighted by molar-refractivity contribution is 5.08. The molecule has 0 aromatic carbocycles. The molecule has 0 fully saturated rings. The van der Waals surface area contributed by atoms with Crippen molar-refractivity contribution in [3.63, 3.8) is 0 Å². The maximum atomic E-state index is 4.81. The molecule has 1 aromatic heterocycles. The van der Waals surface area contributed by atoms with Crippen LogP contribution in [-0.2, 0) is 11.4 Å². The van der Waals surface area contributed by atoms with Crippen LogP contribution >= 0.6 is 0 Å². The van der Waals surface area contributed by atoms with Gasteiger partial charge in [-0.2, -0.15) is 10.6 Å². The van der Waals surface area contributed by atoms with Gasteiger partial charge in [-0.25, -0.2) is 0 Å². The molecule has 1 aromatic rings. The molecule has 68 valence electrons. The van der Waals surface area contributed by atoms with Crippen molar-refractivity contribution in [1.29, 1.82) is 0 Å². The molecule has 0 bridgehead atoms. The van der Waals surface area contributed by atoms with E-state index in [1.165, 1.54) is 0 Å². The second kappa shape index (κ2) is 4.23. The Morgan fingerprint density at radius 3 is 3.00 bits per heavy atom. The maximum absolute atomic E-state index is 4.81. The summed E-state index contributed by atoms with van der Waals surface area (Å²) in [6, 6.07) is 0.190. The van der Waals surface area contributed by atoms with Crippen molar-refractivity contribution < 1.29 is 4.84 Å². The van der Waals surface area contributed by atoms with Gasteiger partial charge in [0, 0.05) is 18.3 Å². The fourth-order valence-corrected chi connectivity index (χ4v) is 1.02. The zero-order valence-corrected chi connectivity index (χ0v) is 7.74. The van der Waals surface area contributed by atoms with E-state index in [1.807, 2.05) is 24.0 Å². The van der Waals surface area contributed by atoms with Gasteiger partial charge in [0.25, 0.3) is 0 Å². The van der Waals surface area contributed by atoms with Crippen molar-refractivity contribution in [2.24, 2.45) is 0 Å². The lowest BCUT2D eigenvalue weighted by Gasteiger charge is -2.08. The molecule has 0 aliphatic rings. The monoisotopic (exact) mass is 169 g/mol. The molecule has 0 saturated carbocycles. The third-order valence-electron chi connectivity index (χ3n) is 1.77. The summed E-state index contributed by atoms with van der Waals surface area (Å²) < 4.78 is 1.89. The zero-order valence-electron chi connectivity index (χ0n) is 7.74. The normalized spacial score (nSPS) is 13.2. The van der Waals surface area contributed by atoms with E-state index in [-0.39, 0.29) is 6.04 Å². The number of aromatic nitrogens is 2.